The SMILES string of the molecule is Brc1cccc2c(-c3cc4ccccc4[cH-]3)cccc12.[Br][Zr]([Br])[Br]. The number of fused-ring (bicyclic) bond motifs is 2. The van der Waals surface area contributed by atoms with Crippen LogP contribution in [0, 0.1) is 0 Å². The van der Waals surface area contributed by atoms with E-state index in [1.165, 1.54) is 32.7 Å². The van der Waals surface area contributed by atoms with E-state index in [2.05, 4.69) is 125 Å². The molecule has 0 amide bonds. The fourth-order valence-corrected chi connectivity index (χ4v) is 3.33. The molecule has 0 bridgehead atoms. The Kier molecular flexibility index (Phi) is 7.02. The van der Waals surface area contributed by atoms with Gasteiger partial charge in [-0.25, -0.2) is 0 Å². The van der Waals surface area contributed by atoms with Crippen LogP contribution in [0.4, 0.5) is 0 Å². The summed E-state index contributed by atoms with van der Waals surface area (Å²) < 4.78 is 1.15. The van der Waals surface area contributed by atoms with Gasteiger partial charge in [0.15, 0.2) is 0 Å². The van der Waals surface area contributed by atoms with E-state index in [1.54, 1.807) is 0 Å². The summed E-state index contributed by atoms with van der Waals surface area (Å²) in [4.78, 5) is 0. The van der Waals surface area contributed by atoms with E-state index in [4.69, 9.17) is 0 Å². The second-order valence-corrected chi connectivity index (χ2v) is 40.1. The number of hydrogen-bond acceptors (Lipinski definition) is 0. The summed E-state index contributed by atoms with van der Waals surface area (Å²) in [6.45, 7) is 0. The van der Waals surface area contributed by atoms with Crippen LogP contribution >= 0.6 is 52.6 Å². The van der Waals surface area contributed by atoms with Crippen LogP contribution in [0.25, 0.3) is 32.7 Å². The van der Waals surface area contributed by atoms with Crippen molar-refractivity contribution in [2.45, 2.75) is 0 Å². The van der Waals surface area contributed by atoms with Gasteiger partial charge in [0, 0.05) is 4.47 Å². The van der Waals surface area contributed by atoms with Gasteiger partial charge in [-0.15, -0.1) is 34.5 Å². The van der Waals surface area contributed by atoms with Crippen LogP contribution in [0.3, 0.4) is 0 Å². The average molecular weight is 651 g/mol. The van der Waals surface area contributed by atoms with Crippen LogP contribution < -0.4 is 0 Å². The predicted octanol–water partition coefficient (Wildman–Crippen LogP) is 8.68. The zero-order valence-electron chi connectivity index (χ0n) is 12.4. The van der Waals surface area contributed by atoms with Gasteiger partial charge >= 0.3 is 51.4 Å². The maximum atomic E-state index is 3.64. The summed E-state index contributed by atoms with van der Waals surface area (Å²) in [6.07, 6.45) is 0. The molecule has 0 fully saturated rings. The Morgan fingerprint density at radius 2 is 1.42 bits per heavy atom. The molecule has 0 unspecified atom stereocenters. The summed E-state index contributed by atoms with van der Waals surface area (Å²) >= 11 is 12.4. The standard InChI is InChI=1S/C19H12Br.3BrH.Zr/c20-19-10-4-8-17-16(7-3-9-18(17)19)15-11-13-5-1-2-6-14(13)12-15;;;;/h1-12H;3*1H;/q-1;;;;+3/p-3. The van der Waals surface area contributed by atoms with Crippen molar-refractivity contribution in [1.29, 1.82) is 0 Å². The summed E-state index contributed by atoms with van der Waals surface area (Å²) in [6, 6.07) is 25.9. The summed E-state index contributed by atoms with van der Waals surface area (Å²) in [5, 5.41) is 5.15. The Balaban J connectivity index is 0.000000383. The van der Waals surface area contributed by atoms with E-state index in [0.717, 1.165) is 4.47 Å². The van der Waals surface area contributed by atoms with Crippen molar-refractivity contribution in [2.75, 3.05) is 0 Å². The number of hydrogen-bond donors (Lipinski definition) is 0. The van der Waals surface area contributed by atoms with Crippen LogP contribution in [0.2, 0.25) is 0 Å². The molecule has 121 valence electrons. The fraction of sp³-hybridized carbons (Fsp3) is 0. The third-order valence-electron chi connectivity index (χ3n) is 3.80. The van der Waals surface area contributed by atoms with Crippen molar-refractivity contribution in [3.05, 3.63) is 77.3 Å². The summed E-state index contributed by atoms with van der Waals surface area (Å²) in [7, 11) is 0. The minimum absolute atomic E-state index is 1.11. The topological polar surface area (TPSA) is 0 Å². The van der Waals surface area contributed by atoms with Gasteiger partial charge in [0.25, 0.3) is 0 Å². The molecule has 5 heteroatoms. The van der Waals surface area contributed by atoms with E-state index in [1.807, 2.05) is 0 Å². The molecule has 0 N–H and O–H groups in total. The van der Waals surface area contributed by atoms with Crippen molar-refractivity contribution in [3.63, 3.8) is 0 Å². The Hall–Kier alpha value is 0.333. The molecule has 0 spiro atoms. The number of rotatable bonds is 1. The van der Waals surface area contributed by atoms with Gasteiger partial charge in [-0.1, -0.05) is 70.0 Å². The van der Waals surface area contributed by atoms with Gasteiger partial charge < -0.3 is 0 Å². The first kappa shape index (κ1) is 19.1. The summed E-state index contributed by atoms with van der Waals surface area (Å²) in [5.74, 6) is 0. The van der Waals surface area contributed by atoms with Crippen LogP contribution in [0.1, 0.15) is 0 Å². The molecule has 0 nitrogen and oxygen atoms in total. The molecule has 0 saturated heterocycles. The first-order valence-corrected chi connectivity index (χ1v) is 24.9. The normalized spacial score (nSPS) is 10.5. The van der Waals surface area contributed by atoms with Crippen LogP contribution in [-0.2, 0) is 14.7 Å². The van der Waals surface area contributed by atoms with Gasteiger partial charge in [-0.05, 0) is 16.8 Å². The molecular weight excluding hydrogens is 639 g/mol. The first-order valence-electron chi connectivity index (χ1n) is 7.23. The molecule has 0 aliphatic carbocycles. The zero-order valence-corrected chi connectivity index (χ0v) is 21.2. The third-order valence-corrected chi connectivity index (χ3v) is 4.49. The van der Waals surface area contributed by atoms with E-state index >= 15 is 0 Å². The Bertz CT molecular complexity index is 940. The van der Waals surface area contributed by atoms with Crippen molar-refractivity contribution in [1.82, 2.24) is 0 Å². The van der Waals surface area contributed by atoms with E-state index < -0.39 is 14.7 Å². The second-order valence-electron chi connectivity index (χ2n) is 5.23. The molecular formula is C19H12Br4Zr-. The first-order chi connectivity index (χ1) is 11.6. The minimum atomic E-state index is -1.11. The zero-order chi connectivity index (χ0) is 17.1. The molecule has 0 heterocycles. The third kappa shape index (κ3) is 4.54. The van der Waals surface area contributed by atoms with E-state index in [-0.39, 0.29) is 0 Å². The fourth-order valence-electron chi connectivity index (χ4n) is 2.83. The Labute approximate surface area is 175 Å². The molecule has 0 aliphatic heterocycles. The Morgan fingerprint density at radius 3 is 2.17 bits per heavy atom. The Morgan fingerprint density at radius 1 is 0.750 bits per heavy atom. The second kappa shape index (κ2) is 8.82. The quantitative estimate of drug-likeness (QED) is 0.181. The van der Waals surface area contributed by atoms with Crippen LogP contribution in [-0.4, -0.2) is 0 Å². The average Bonchev–Trinajstić information content (AvgIpc) is 2.98. The van der Waals surface area contributed by atoms with E-state index in [9.17, 15) is 0 Å². The maximum absolute atomic E-state index is 3.64. The van der Waals surface area contributed by atoms with Gasteiger partial charge in [0.1, 0.15) is 0 Å². The molecule has 4 aromatic carbocycles. The molecule has 4 rings (SSSR count). The van der Waals surface area contributed by atoms with Gasteiger partial charge in [-0.3, -0.25) is 0 Å². The van der Waals surface area contributed by atoms with Crippen LogP contribution in [0.5, 0.6) is 0 Å². The molecule has 0 atom stereocenters. The van der Waals surface area contributed by atoms with Gasteiger partial charge in [0.2, 0.25) is 0 Å². The number of halogens is 4. The molecule has 0 saturated carbocycles. The molecule has 0 aromatic heterocycles. The molecule has 24 heavy (non-hydrogen) atoms. The van der Waals surface area contributed by atoms with Gasteiger partial charge in [0.05, 0.1) is 0 Å². The predicted molar refractivity (Wildman–Crippen MR) is 117 cm³/mol. The molecule has 0 radical (unpaired) electrons. The van der Waals surface area contributed by atoms with Crippen molar-refractivity contribution in [2.24, 2.45) is 0 Å². The monoisotopic (exact) mass is 646 g/mol. The summed E-state index contributed by atoms with van der Waals surface area (Å²) in [5.41, 5.74) is 2.58. The molecule has 0 aliphatic rings. The van der Waals surface area contributed by atoms with Crippen molar-refractivity contribution < 1.29 is 14.7 Å². The molecule has 4 aromatic rings. The van der Waals surface area contributed by atoms with E-state index in [0.29, 0.717) is 0 Å². The van der Waals surface area contributed by atoms with Gasteiger partial charge in [-0.2, -0.15) is 0 Å². The van der Waals surface area contributed by atoms with Crippen molar-refractivity contribution >= 4 is 74.1 Å². The van der Waals surface area contributed by atoms with Crippen molar-refractivity contribution in [3.8, 4) is 11.1 Å². The van der Waals surface area contributed by atoms with Crippen LogP contribution in [0.15, 0.2) is 77.3 Å². The number of benzene rings is 3.